The molecule has 2 aliphatic rings. The van der Waals surface area contributed by atoms with Crippen molar-refractivity contribution >= 4 is 17.2 Å². The van der Waals surface area contributed by atoms with Crippen LogP contribution in [0.25, 0.3) is 5.76 Å². The van der Waals surface area contributed by atoms with Gasteiger partial charge in [-0.1, -0.05) is 24.3 Å². The summed E-state index contributed by atoms with van der Waals surface area (Å²) in [6.45, 7) is 3.79. The highest BCUT2D eigenvalue weighted by Gasteiger charge is 2.27. The fraction of sp³-hybridized carbons (Fsp3) is 0.318. The van der Waals surface area contributed by atoms with Gasteiger partial charge in [0.25, 0.3) is 0 Å². The van der Waals surface area contributed by atoms with Gasteiger partial charge < -0.3 is 14.7 Å². The van der Waals surface area contributed by atoms with Gasteiger partial charge in [0, 0.05) is 49.4 Å². The summed E-state index contributed by atoms with van der Waals surface area (Å²) in [4.78, 5) is 17.2. The predicted octanol–water partition coefficient (Wildman–Crippen LogP) is 2.91. The van der Waals surface area contributed by atoms with Crippen molar-refractivity contribution in [2.45, 2.75) is 6.42 Å². The fourth-order valence-electron chi connectivity index (χ4n) is 3.83. The number of carbonyl (C=O) groups is 1. The number of hydrogen-bond donors (Lipinski definition) is 1. The van der Waals surface area contributed by atoms with Crippen molar-refractivity contribution in [2.24, 2.45) is 0 Å². The lowest BCUT2D eigenvalue weighted by molar-refractivity contribution is -0.116. The van der Waals surface area contributed by atoms with Crippen LogP contribution in [0, 0.1) is 0 Å². The second-order valence-electron chi connectivity index (χ2n) is 7.05. The third-order valence-corrected chi connectivity index (χ3v) is 5.44. The van der Waals surface area contributed by atoms with Crippen molar-refractivity contribution in [1.82, 2.24) is 4.90 Å². The molecule has 0 saturated carbocycles. The van der Waals surface area contributed by atoms with E-state index in [0.29, 0.717) is 18.5 Å². The number of aliphatic hydroxyl groups is 1. The SMILES string of the molecule is COc1ccc(N2CCN(CC(=O)C3=C(O)c4ccccc4C3)CC2)cc1. The molecule has 27 heavy (non-hydrogen) atoms. The molecular weight excluding hydrogens is 340 g/mol. The number of nitrogens with zero attached hydrogens (tertiary/aromatic N) is 2. The van der Waals surface area contributed by atoms with Gasteiger partial charge in [-0.3, -0.25) is 9.69 Å². The van der Waals surface area contributed by atoms with E-state index in [1.54, 1.807) is 7.11 Å². The minimum atomic E-state index is 0.0293. The van der Waals surface area contributed by atoms with Crippen LogP contribution in [-0.2, 0) is 11.2 Å². The summed E-state index contributed by atoms with van der Waals surface area (Å²) in [5.74, 6) is 1.04. The molecule has 0 amide bonds. The van der Waals surface area contributed by atoms with Gasteiger partial charge in [0.05, 0.1) is 13.7 Å². The number of aliphatic hydroxyl groups excluding tert-OH is 1. The molecule has 0 atom stereocenters. The van der Waals surface area contributed by atoms with Gasteiger partial charge in [0.2, 0.25) is 0 Å². The first kappa shape index (κ1) is 17.6. The van der Waals surface area contributed by atoms with E-state index in [2.05, 4.69) is 21.9 Å². The first-order chi connectivity index (χ1) is 13.2. The molecule has 2 aromatic rings. The number of fused-ring (bicyclic) bond motifs is 1. The van der Waals surface area contributed by atoms with E-state index in [4.69, 9.17) is 4.74 Å². The van der Waals surface area contributed by atoms with E-state index in [0.717, 1.165) is 43.1 Å². The number of hydrogen-bond acceptors (Lipinski definition) is 5. The Morgan fingerprint density at radius 1 is 1.04 bits per heavy atom. The standard InChI is InChI=1S/C22H24N2O3/c1-27-18-8-6-17(7-9-18)24-12-10-23(11-13-24)15-21(25)20-14-16-4-2-3-5-19(16)22(20)26/h2-9,26H,10-15H2,1H3. The summed E-state index contributed by atoms with van der Waals surface area (Å²) in [6, 6.07) is 15.8. The lowest BCUT2D eigenvalue weighted by Gasteiger charge is -2.35. The number of methoxy groups -OCH3 is 1. The van der Waals surface area contributed by atoms with Crippen molar-refractivity contribution in [3.8, 4) is 5.75 Å². The smallest absolute Gasteiger partial charge is 0.176 e. The van der Waals surface area contributed by atoms with E-state index < -0.39 is 0 Å². The average Bonchev–Trinajstić information content (AvgIpc) is 3.06. The van der Waals surface area contributed by atoms with Gasteiger partial charge in [0.15, 0.2) is 5.78 Å². The average molecular weight is 364 g/mol. The molecule has 1 saturated heterocycles. The van der Waals surface area contributed by atoms with Gasteiger partial charge >= 0.3 is 0 Å². The maximum Gasteiger partial charge on any atom is 0.176 e. The zero-order valence-electron chi connectivity index (χ0n) is 15.5. The minimum absolute atomic E-state index is 0.0293. The summed E-state index contributed by atoms with van der Waals surface area (Å²) in [6.07, 6.45) is 0.534. The molecule has 140 valence electrons. The van der Waals surface area contributed by atoms with Gasteiger partial charge in [0.1, 0.15) is 11.5 Å². The number of carbonyl (C=O) groups excluding carboxylic acids is 1. The van der Waals surface area contributed by atoms with Crippen LogP contribution in [-0.4, -0.2) is 55.6 Å². The first-order valence-corrected chi connectivity index (χ1v) is 9.30. The van der Waals surface area contributed by atoms with Crippen molar-refractivity contribution in [3.63, 3.8) is 0 Å². The van der Waals surface area contributed by atoms with E-state index in [-0.39, 0.29) is 11.5 Å². The summed E-state index contributed by atoms with van der Waals surface area (Å²) in [7, 11) is 1.67. The minimum Gasteiger partial charge on any atom is -0.507 e. The summed E-state index contributed by atoms with van der Waals surface area (Å²) >= 11 is 0. The Bertz CT molecular complexity index is 865. The Labute approximate surface area is 159 Å². The van der Waals surface area contributed by atoms with Crippen LogP contribution in [0.5, 0.6) is 5.75 Å². The van der Waals surface area contributed by atoms with Crippen molar-refractivity contribution < 1.29 is 14.6 Å². The van der Waals surface area contributed by atoms with Gasteiger partial charge in [-0.05, 0) is 29.8 Å². The molecule has 1 aliphatic carbocycles. The van der Waals surface area contributed by atoms with Crippen molar-refractivity contribution in [3.05, 3.63) is 65.2 Å². The third-order valence-electron chi connectivity index (χ3n) is 5.44. The maximum atomic E-state index is 12.7. The largest absolute Gasteiger partial charge is 0.507 e. The highest BCUT2D eigenvalue weighted by Crippen LogP contribution is 2.31. The number of Topliss-reactive ketones (excluding diaryl/α,β-unsaturated/α-hetero) is 1. The summed E-state index contributed by atoms with van der Waals surface area (Å²) < 4.78 is 5.21. The first-order valence-electron chi connectivity index (χ1n) is 9.30. The third kappa shape index (κ3) is 3.55. The molecule has 0 spiro atoms. The van der Waals surface area contributed by atoms with Gasteiger partial charge in [-0.2, -0.15) is 0 Å². The molecule has 4 rings (SSSR count). The fourth-order valence-corrected chi connectivity index (χ4v) is 3.83. The Balaban J connectivity index is 1.34. The van der Waals surface area contributed by atoms with Gasteiger partial charge in [-0.25, -0.2) is 0 Å². The number of ketones is 1. The second-order valence-corrected chi connectivity index (χ2v) is 7.05. The lowest BCUT2D eigenvalue weighted by Crippen LogP contribution is -2.48. The number of ether oxygens (including phenoxy) is 1. The second kappa shape index (κ2) is 7.45. The van der Waals surface area contributed by atoms with E-state index in [1.807, 2.05) is 36.4 Å². The molecule has 0 bridgehead atoms. The summed E-state index contributed by atoms with van der Waals surface area (Å²) in [5, 5.41) is 10.4. The molecule has 1 N–H and O–H groups in total. The molecule has 5 heteroatoms. The Morgan fingerprint density at radius 3 is 2.41 bits per heavy atom. The number of rotatable bonds is 5. The predicted molar refractivity (Wildman–Crippen MR) is 106 cm³/mol. The van der Waals surface area contributed by atoms with Crippen LogP contribution in [0.1, 0.15) is 11.1 Å². The van der Waals surface area contributed by atoms with E-state index in [1.165, 1.54) is 5.69 Å². The maximum absolute atomic E-state index is 12.7. The highest BCUT2D eigenvalue weighted by molar-refractivity contribution is 6.05. The normalized spacial score (nSPS) is 17.1. The van der Waals surface area contributed by atoms with Crippen molar-refractivity contribution in [1.29, 1.82) is 0 Å². The Hall–Kier alpha value is -2.79. The zero-order valence-corrected chi connectivity index (χ0v) is 15.5. The highest BCUT2D eigenvalue weighted by atomic mass is 16.5. The molecule has 0 unspecified atom stereocenters. The van der Waals surface area contributed by atoms with Crippen molar-refractivity contribution in [2.75, 3.05) is 44.7 Å². The molecule has 0 aromatic heterocycles. The Kier molecular flexibility index (Phi) is 4.86. The number of benzene rings is 2. The van der Waals surface area contributed by atoms with E-state index >= 15 is 0 Å². The van der Waals surface area contributed by atoms with Crippen LogP contribution in [0.15, 0.2) is 54.1 Å². The zero-order chi connectivity index (χ0) is 18.8. The van der Waals surface area contributed by atoms with Crippen LogP contribution in [0.4, 0.5) is 5.69 Å². The number of anilines is 1. The molecule has 0 radical (unpaired) electrons. The summed E-state index contributed by atoms with van der Waals surface area (Å²) in [5.41, 5.74) is 3.55. The molecule has 1 fully saturated rings. The van der Waals surface area contributed by atoms with Gasteiger partial charge in [-0.15, -0.1) is 0 Å². The quantitative estimate of drug-likeness (QED) is 0.884. The Morgan fingerprint density at radius 2 is 1.74 bits per heavy atom. The monoisotopic (exact) mass is 364 g/mol. The van der Waals surface area contributed by atoms with E-state index in [9.17, 15) is 9.90 Å². The molecule has 1 aliphatic heterocycles. The van der Waals surface area contributed by atoms with Crippen LogP contribution in [0.2, 0.25) is 0 Å². The molecular formula is C22H24N2O3. The molecule has 1 heterocycles. The number of piperazine rings is 1. The van der Waals surface area contributed by atoms with Crippen LogP contribution >= 0.6 is 0 Å². The lowest BCUT2D eigenvalue weighted by atomic mass is 10.1. The molecule has 5 nitrogen and oxygen atoms in total. The van der Waals surface area contributed by atoms with Crippen LogP contribution in [0.3, 0.4) is 0 Å². The molecule has 2 aromatic carbocycles. The van der Waals surface area contributed by atoms with Crippen LogP contribution < -0.4 is 9.64 Å². The topological polar surface area (TPSA) is 53.0 Å².